The molecule has 2 N–H and O–H groups in total. The van der Waals surface area contributed by atoms with Crippen LogP contribution in [-0.4, -0.2) is 30.6 Å². The Morgan fingerprint density at radius 1 is 1.40 bits per heavy atom. The van der Waals surface area contributed by atoms with E-state index in [0.29, 0.717) is 6.04 Å². The van der Waals surface area contributed by atoms with Gasteiger partial charge in [0.15, 0.2) is 0 Å². The van der Waals surface area contributed by atoms with Crippen molar-refractivity contribution in [3.05, 3.63) is 12.7 Å². The summed E-state index contributed by atoms with van der Waals surface area (Å²) in [4.78, 5) is 2.47. The van der Waals surface area contributed by atoms with Crippen LogP contribution in [0.3, 0.4) is 0 Å². The van der Waals surface area contributed by atoms with E-state index in [1.165, 1.54) is 25.8 Å². The van der Waals surface area contributed by atoms with Gasteiger partial charge in [0, 0.05) is 19.1 Å². The van der Waals surface area contributed by atoms with Gasteiger partial charge in [-0.1, -0.05) is 13.0 Å². The fraction of sp³-hybridized carbons (Fsp3) is 0.846. The van der Waals surface area contributed by atoms with Gasteiger partial charge in [-0.25, -0.2) is 0 Å². The summed E-state index contributed by atoms with van der Waals surface area (Å²) in [5.41, 5.74) is 6.31. The van der Waals surface area contributed by atoms with Gasteiger partial charge >= 0.3 is 0 Å². The number of hydrogen-bond acceptors (Lipinski definition) is 2. The van der Waals surface area contributed by atoms with Crippen molar-refractivity contribution in [2.45, 2.75) is 32.2 Å². The Morgan fingerprint density at radius 3 is 2.67 bits per heavy atom. The van der Waals surface area contributed by atoms with Crippen LogP contribution in [-0.2, 0) is 0 Å². The summed E-state index contributed by atoms with van der Waals surface area (Å²) in [6, 6.07) is 0.475. The van der Waals surface area contributed by atoms with Crippen molar-refractivity contribution in [1.82, 2.24) is 4.90 Å². The van der Waals surface area contributed by atoms with Crippen LogP contribution in [0.15, 0.2) is 12.7 Å². The van der Waals surface area contributed by atoms with Crippen LogP contribution in [0.4, 0.5) is 0 Å². The Labute approximate surface area is 93.5 Å². The minimum absolute atomic E-state index is 0.475. The van der Waals surface area contributed by atoms with Crippen LogP contribution in [0.2, 0.25) is 0 Å². The largest absolute Gasteiger partial charge is 0.327 e. The molecule has 2 nitrogen and oxygen atoms in total. The Morgan fingerprint density at radius 2 is 2.13 bits per heavy atom. The third kappa shape index (κ3) is 2.11. The lowest BCUT2D eigenvalue weighted by Gasteiger charge is -2.32. The quantitative estimate of drug-likeness (QED) is 0.699. The van der Waals surface area contributed by atoms with E-state index in [9.17, 15) is 0 Å². The molecule has 0 spiro atoms. The molecule has 0 aromatic rings. The van der Waals surface area contributed by atoms with E-state index >= 15 is 0 Å². The second-order valence-electron chi connectivity index (χ2n) is 5.22. The molecule has 2 aliphatic rings. The van der Waals surface area contributed by atoms with E-state index in [4.69, 9.17) is 5.73 Å². The van der Waals surface area contributed by atoms with Crippen molar-refractivity contribution in [2.75, 3.05) is 19.6 Å². The van der Waals surface area contributed by atoms with Crippen molar-refractivity contribution in [3.63, 3.8) is 0 Å². The molecule has 2 heteroatoms. The third-order valence-electron chi connectivity index (χ3n) is 4.46. The first-order valence-electron chi connectivity index (χ1n) is 6.35. The SMILES string of the molecule is C=CCN(CC)CC1C2CCC(C2)C1N. The predicted molar refractivity (Wildman–Crippen MR) is 64.6 cm³/mol. The third-order valence-corrected chi connectivity index (χ3v) is 4.46. The number of likely N-dealkylation sites (N-methyl/N-ethyl adjacent to an activating group) is 1. The molecule has 4 unspecified atom stereocenters. The fourth-order valence-electron chi connectivity index (χ4n) is 3.54. The number of nitrogens with zero attached hydrogens (tertiary/aromatic N) is 1. The number of rotatable bonds is 5. The van der Waals surface area contributed by atoms with Gasteiger partial charge < -0.3 is 5.73 Å². The monoisotopic (exact) mass is 208 g/mol. The van der Waals surface area contributed by atoms with Crippen LogP contribution >= 0.6 is 0 Å². The van der Waals surface area contributed by atoms with E-state index in [1.54, 1.807) is 0 Å². The fourth-order valence-corrected chi connectivity index (χ4v) is 3.54. The van der Waals surface area contributed by atoms with E-state index in [-0.39, 0.29) is 0 Å². The lowest BCUT2D eigenvalue weighted by molar-refractivity contribution is 0.192. The molecular formula is C13H24N2. The second-order valence-corrected chi connectivity index (χ2v) is 5.22. The van der Waals surface area contributed by atoms with E-state index in [2.05, 4.69) is 18.4 Å². The molecule has 4 atom stereocenters. The smallest absolute Gasteiger partial charge is 0.0160 e. The highest BCUT2D eigenvalue weighted by Gasteiger charge is 2.45. The summed E-state index contributed by atoms with van der Waals surface area (Å²) in [6.07, 6.45) is 6.21. The average molecular weight is 208 g/mol. The van der Waals surface area contributed by atoms with Gasteiger partial charge in [-0.3, -0.25) is 4.90 Å². The van der Waals surface area contributed by atoms with Crippen LogP contribution < -0.4 is 5.73 Å². The van der Waals surface area contributed by atoms with Crippen LogP contribution in [0, 0.1) is 17.8 Å². The molecule has 2 aliphatic carbocycles. The van der Waals surface area contributed by atoms with Crippen molar-refractivity contribution in [3.8, 4) is 0 Å². The Hall–Kier alpha value is -0.340. The first-order chi connectivity index (χ1) is 7.26. The highest BCUT2D eigenvalue weighted by Crippen LogP contribution is 2.47. The van der Waals surface area contributed by atoms with Crippen molar-refractivity contribution < 1.29 is 0 Å². The van der Waals surface area contributed by atoms with Crippen molar-refractivity contribution in [1.29, 1.82) is 0 Å². The highest BCUT2D eigenvalue weighted by atomic mass is 15.1. The van der Waals surface area contributed by atoms with Gasteiger partial charge in [0.25, 0.3) is 0 Å². The molecular weight excluding hydrogens is 184 g/mol. The Kier molecular flexibility index (Phi) is 3.47. The molecule has 0 radical (unpaired) electrons. The summed E-state index contributed by atoms with van der Waals surface area (Å²) in [5, 5.41) is 0. The number of nitrogens with two attached hydrogens (primary N) is 1. The van der Waals surface area contributed by atoms with Crippen LogP contribution in [0.1, 0.15) is 26.2 Å². The van der Waals surface area contributed by atoms with Crippen LogP contribution in [0.25, 0.3) is 0 Å². The standard InChI is InChI=1S/C13H24N2/c1-3-7-15(4-2)9-12-10-5-6-11(8-10)13(12)14/h3,10-13H,1,4-9,14H2,2H3. The lowest BCUT2D eigenvalue weighted by atomic mass is 9.84. The molecule has 2 fully saturated rings. The molecule has 0 aromatic carbocycles. The molecule has 15 heavy (non-hydrogen) atoms. The van der Waals surface area contributed by atoms with Crippen molar-refractivity contribution >= 4 is 0 Å². The molecule has 0 heterocycles. The molecule has 0 amide bonds. The highest BCUT2D eigenvalue weighted by molar-refractivity contribution is 5.00. The van der Waals surface area contributed by atoms with E-state index in [0.717, 1.165) is 30.8 Å². The molecule has 2 saturated carbocycles. The zero-order valence-corrected chi connectivity index (χ0v) is 9.86. The van der Waals surface area contributed by atoms with Gasteiger partial charge in [-0.15, -0.1) is 6.58 Å². The zero-order chi connectivity index (χ0) is 10.8. The molecule has 0 saturated heterocycles. The lowest BCUT2D eigenvalue weighted by Crippen LogP contribution is -2.42. The maximum Gasteiger partial charge on any atom is 0.0160 e. The summed E-state index contributed by atoms with van der Waals surface area (Å²) >= 11 is 0. The van der Waals surface area contributed by atoms with Crippen molar-refractivity contribution in [2.24, 2.45) is 23.5 Å². The second kappa shape index (κ2) is 4.67. The molecule has 2 bridgehead atoms. The van der Waals surface area contributed by atoms with E-state index < -0.39 is 0 Å². The maximum absolute atomic E-state index is 6.31. The van der Waals surface area contributed by atoms with E-state index in [1.807, 2.05) is 6.08 Å². The predicted octanol–water partition coefficient (Wildman–Crippen LogP) is 1.87. The number of hydrogen-bond donors (Lipinski definition) is 1. The Bertz CT molecular complexity index is 225. The van der Waals surface area contributed by atoms with Gasteiger partial charge in [-0.05, 0) is 43.6 Å². The average Bonchev–Trinajstić information content (AvgIpc) is 2.81. The Balaban J connectivity index is 1.90. The molecule has 0 aliphatic heterocycles. The first kappa shape index (κ1) is 11.2. The van der Waals surface area contributed by atoms with Gasteiger partial charge in [-0.2, -0.15) is 0 Å². The zero-order valence-electron chi connectivity index (χ0n) is 9.86. The van der Waals surface area contributed by atoms with Gasteiger partial charge in [0.05, 0.1) is 0 Å². The summed E-state index contributed by atoms with van der Waals surface area (Å²) in [5.74, 6) is 2.51. The molecule has 2 rings (SSSR count). The normalized spacial score (nSPS) is 38.9. The number of fused-ring (bicyclic) bond motifs is 2. The summed E-state index contributed by atoms with van der Waals surface area (Å²) in [6.45, 7) is 9.36. The minimum atomic E-state index is 0.475. The minimum Gasteiger partial charge on any atom is -0.327 e. The molecule has 86 valence electrons. The first-order valence-corrected chi connectivity index (χ1v) is 6.35. The topological polar surface area (TPSA) is 29.3 Å². The van der Waals surface area contributed by atoms with Crippen LogP contribution in [0.5, 0.6) is 0 Å². The molecule has 0 aromatic heterocycles. The summed E-state index contributed by atoms with van der Waals surface area (Å²) in [7, 11) is 0. The van der Waals surface area contributed by atoms with Gasteiger partial charge in [0.2, 0.25) is 0 Å². The maximum atomic E-state index is 6.31. The summed E-state index contributed by atoms with van der Waals surface area (Å²) < 4.78 is 0. The van der Waals surface area contributed by atoms with Gasteiger partial charge in [0.1, 0.15) is 0 Å².